The van der Waals surface area contributed by atoms with Gasteiger partial charge in [0.25, 0.3) is 0 Å². The van der Waals surface area contributed by atoms with Crippen LogP contribution < -0.4 is 4.90 Å². The molecule has 0 radical (unpaired) electrons. The molecule has 94 valence electrons. The summed E-state index contributed by atoms with van der Waals surface area (Å²) in [6, 6.07) is 5.74. The summed E-state index contributed by atoms with van der Waals surface area (Å²) in [7, 11) is 0. The standard InChI is InChI=1S/C13H18ClNO2/c14-13-6-12(4-3-11(13)9-17)15-5-1-2-10(7-15)8-16/h3-4,6,10,16-17H,1-2,5,7-9H2. The number of anilines is 1. The van der Waals surface area contributed by atoms with E-state index in [9.17, 15) is 5.11 Å². The van der Waals surface area contributed by atoms with Gasteiger partial charge in [0.2, 0.25) is 0 Å². The zero-order valence-corrected chi connectivity index (χ0v) is 10.5. The van der Waals surface area contributed by atoms with Crippen LogP contribution in [0.15, 0.2) is 18.2 Å². The highest BCUT2D eigenvalue weighted by Crippen LogP contribution is 2.27. The van der Waals surface area contributed by atoms with Crippen molar-refractivity contribution in [1.29, 1.82) is 0 Å². The second-order valence-electron chi connectivity index (χ2n) is 4.57. The van der Waals surface area contributed by atoms with E-state index in [-0.39, 0.29) is 13.2 Å². The molecule has 1 aromatic carbocycles. The molecule has 0 spiro atoms. The van der Waals surface area contributed by atoms with Crippen molar-refractivity contribution in [3.8, 4) is 0 Å². The van der Waals surface area contributed by atoms with Gasteiger partial charge in [-0.05, 0) is 36.5 Å². The lowest BCUT2D eigenvalue weighted by atomic mass is 9.98. The Morgan fingerprint density at radius 3 is 2.82 bits per heavy atom. The smallest absolute Gasteiger partial charge is 0.0696 e. The number of hydrogen-bond donors (Lipinski definition) is 2. The maximum absolute atomic E-state index is 9.21. The summed E-state index contributed by atoms with van der Waals surface area (Å²) >= 11 is 6.08. The minimum absolute atomic E-state index is 0.0294. The predicted molar refractivity (Wildman–Crippen MR) is 69.4 cm³/mol. The number of hydrogen-bond acceptors (Lipinski definition) is 3. The Kier molecular flexibility index (Phi) is 4.26. The number of piperidine rings is 1. The lowest BCUT2D eigenvalue weighted by molar-refractivity contribution is 0.208. The molecule has 0 aliphatic carbocycles. The highest BCUT2D eigenvalue weighted by molar-refractivity contribution is 6.31. The molecule has 3 nitrogen and oxygen atoms in total. The molecule has 2 rings (SSSR count). The first kappa shape index (κ1) is 12.7. The first-order valence-electron chi connectivity index (χ1n) is 5.99. The van der Waals surface area contributed by atoms with E-state index in [4.69, 9.17) is 16.7 Å². The third-order valence-electron chi connectivity index (χ3n) is 3.35. The van der Waals surface area contributed by atoms with Crippen molar-refractivity contribution in [1.82, 2.24) is 0 Å². The van der Waals surface area contributed by atoms with Crippen molar-refractivity contribution in [2.45, 2.75) is 19.4 Å². The first-order valence-corrected chi connectivity index (χ1v) is 6.37. The minimum atomic E-state index is -0.0294. The zero-order chi connectivity index (χ0) is 12.3. The summed E-state index contributed by atoms with van der Waals surface area (Å²) < 4.78 is 0. The van der Waals surface area contributed by atoms with Crippen LogP contribution in [0.5, 0.6) is 0 Å². The molecule has 1 fully saturated rings. The number of rotatable bonds is 3. The lowest BCUT2D eigenvalue weighted by Crippen LogP contribution is -2.36. The van der Waals surface area contributed by atoms with Gasteiger partial charge in [-0.1, -0.05) is 17.7 Å². The van der Waals surface area contributed by atoms with Crippen molar-refractivity contribution < 1.29 is 10.2 Å². The van der Waals surface area contributed by atoms with Gasteiger partial charge in [-0.15, -0.1) is 0 Å². The van der Waals surface area contributed by atoms with Crippen molar-refractivity contribution in [2.75, 3.05) is 24.6 Å². The van der Waals surface area contributed by atoms with Gasteiger partial charge < -0.3 is 15.1 Å². The molecule has 1 aromatic rings. The molecule has 0 aromatic heterocycles. The molecule has 4 heteroatoms. The van der Waals surface area contributed by atoms with Crippen LogP contribution in [0.2, 0.25) is 5.02 Å². The number of aliphatic hydroxyl groups excluding tert-OH is 2. The Balaban J connectivity index is 2.13. The summed E-state index contributed by atoms with van der Waals surface area (Å²) in [6.07, 6.45) is 2.19. The SMILES string of the molecule is OCc1ccc(N2CCCC(CO)C2)cc1Cl. The summed E-state index contributed by atoms with van der Waals surface area (Å²) in [4.78, 5) is 2.25. The average Bonchev–Trinajstić information content (AvgIpc) is 2.38. The van der Waals surface area contributed by atoms with Crippen molar-refractivity contribution >= 4 is 17.3 Å². The fraction of sp³-hybridized carbons (Fsp3) is 0.538. The second kappa shape index (κ2) is 5.71. The van der Waals surface area contributed by atoms with E-state index in [0.29, 0.717) is 10.9 Å². The molecule has 0 bridgehead atoms. The fourth-order valence-electron chi connectivity index (χ4n) is 2.31. The molecular formula is C13H18ClNO2. The van der Waals surface area contributed by atoms with E-state index in [2.05, 4.69) is 4.90 Å². The van der Waals surface area contributed by atoms with Crippen LogP contribution in [-0.2, 0) is 6.61 Å². The topological polar surface area (TPSA) is 43.7 Å². The zero-order valence-electron chi connectivity index (χ0n) is 9.77. The van der Waals surface area contributed by atoms with Gasteiger partial charge in [-0.2, -0.15) is 0 Å². The third kappa shape index (κ3) is 2.92. The third-order valence-corrected chi connectivity index (χ3v) is 3.70. The minimum Gasteiger partial charge on any atom is -0.396 e. The number of aliphatic hydroxyl groups is 2. The maximum Gasteiger partial charge on any atom is 0.0696 e. The number of nitrogens with zero attached hydrogens (tertiary/aromatic N) is 1. The normalized spacial score (nSPS) is 20.6. The van der Waals surface area contributed by atoms with Crippen molar-refractivity contribution in [3.05, 3.63) is 28.8 Å². The molecule has 1 aliphatic rings. The van der Waals surface area contributed by atoms with Crippen molar-refractivity contribution in [3.63, 3.8) is 0 Å². The Labute approximate surface area is 107 Å². The molecular weight excluding hydrogens is 238 g/mol. The Hall–Kier alpha value is -0.770. The monoisotopic (exact) mass is 255 g/mol. The van der Waals surface area contributed by atoms with E-state index in [1.165, 1.54) is 0 Å². The molecule has 17 heavy (non-hydrogen) atoms. The highest BCUT2D eigenvalue weighted by Gasteiger charge is 2.19. The molecule has 1 unspecified atom stereocenters. The number of halogens is 1. The van der Waals surface area contributed by atoms with E-state index in [1.54, 1.807) is 0 Å². The first-order chi connectivity index (χ1) is 8.24. The largest absolute Gasteiger partial charge is 0.396 e. The predicted octanol–water partition coefficient (Wildman–Crippen LogP) is 2.04. The van der Waals surface area contributed by atoms with Crippen LogP contribution in [-0.4, -0.2) is 29.9 Å². The second-order valence-corrected chi connectivity index (χ2v) is 4.98. The van der Waals surface area contributed by atoms with E-state index in [0.717, 1.165) is 37.2 Å². The summed E-state index contributed by atoms with van der Waals surface area (Å²) in [5, 5.41) is 18.9. The van der Waals surface area contributed by atoms with Crippen LogP contribution in [0.1, 0.15) is 18.4 Å². The quantitative estimate of drug-likeness (QED) is 0.869. The molecule has 1 aliphatic heterocycles. The summed E-state index contributed by atoms with van der Waals surface area (Å²) in [6.45, 7) is 2.11. The van der Waals surface area contributed by atoms with Crippen LogP contribution in [0.4, 0.5) is 5.69 Å². The lowest BCUT2D eigenvalue weighted by Gasteiger charge is -2.33. The van der Waals surface area contributed by atoms with Gasteiger partial charge in [0.05, 0.1) is 6.61 Å². The molecule has 1 saturated heterocycles. The fourth-order valence-corrected chi connectivity index (χ4v) is 2.54. The van der Waals surface area contributed by atoms with Gasteiger partial charge in [0.1, 0.15) is 0 Å². The van der Waals surface area contributed by atoms with Gasteiger partial charge in [-0.25, -0.2) is 0 Å². The van der Waals surface area contributed by atoms with Gasteiger partial charge >= 0.3 is 0 Å². The van der Waals surface area contributed by atoms with E-state index in [1.807, 2.05) is 18.2 Å². The Morgan fingerprint density at radius 2 is 2.18 bits per heavy atom. The summed E-state index contributed by atoms with van der Waals surface area (Å²) in [5.74, 6) is 0.361. The summed E-state index contributed by atoms with van der Waals surface area (Å²) in [5.41, 5.74) is 1.83. The van der Waals surface area contributed by atoms with Crippen LogP contribution in [0, 0.1) is 5.92 Å². The molecule has 1 heterocycles. The molecule has 0 amide bonds. The maximum atomic E-state index is 9.21. The van der Waals surface area contributed by atoms with Crippen molar-refractivity contribution in [2.24, 2.45) is 5.92 Å². The van der Waals surface area contributed by atoms with Crippen LogP contribution >= 0.6 is 11.6 Å². The van der Waals surface area contributed by atoms with Gasteiger partial charge in [0, 0.05) is 30.4 Å². The molecule has 1 atom stereocenters. The van der Waals surface area contributed by atoms with Gasteiger partial charge in [0.15, 0.2) is 0 Å². The average molecular weight is 256 g/mol. The van der Waals surface area contributed by atoms with Crippen LogP contribution in [0.25, 0.3) is 0 Å². The highest BCUT2D eigenvalue weighted by atomic mass is 35.5. The van der Waals surface area contributed by atoms with E-state index < -0.39 is 0 Å². The Morgan fingerprint density at radius 1 is 1.35 bits per heavy atom. The van der Waals surface area contributed by atoms with E-state index >= 15 is 0 Å². The molecule has 2 N–H and O–H groups in total. The Bertz CT molecular complexity index is 384. The number of benzene rings is 1. The van der Waals surface area contributed by atoms with Gasteiger partial charge in [-0.3, -0.25) is 0 Å². The molecule has 0 saturated carbocycles. The van der Waals surface area contributed by atoms with Crippen LogP contribution in [0.3, 0.4) is 0 Å².